The molecule has 15 heavy (non-hydrogen) atoms. The van der Waals surface area contributed by atoms with Gasteiger partial charge in [0.2, 0.25) is 0 Å². The molecule has 0 aromatic carbocycles. The second-order valence-corrected chi connectivity index (χ2v) is 5.03. The van der Waals surface area contributed by atoms with Crippen LogP contribution in [0.3, 0.4) is 0 Å². The lowest BCUT2D eigenvalue weighted by Crippen LogP contribution is -2.31. The summed E-state index contributed by atoms with van der Waals surface area (Å²) in [7, 11) is 0. The second kappa shape index (κ2) is 7.02. The van der Waals surface area contributed by atoms with Gasteiger partial charge in [0.25, 0.3) is 0 Å². The lowest BCUT2D eigenvalue weighted by molar-refractivity contribution is -0.0625. The molecular formula is C13H26O2. The Hall–Kier alpha value is -0.340. The van der Waals surface area contributed by atoms with Gasteiger partial charge in [-0.25, -0.2) is 0 Å². The summed E-state index contributed by atoms with van der Waals surface area (Å²) in [6, 6.07) is 0. The van der Waals surface area contributed by atoms with Gasteiger partial charge in [0, 0.05) is 0 Å². The first-order valence-corrected chi connectivity index (χ1v) is 5.84. The average molecular weight is 214 g/mol. The van der Waals surface area contributed by atoms with E-state index < -0.39 is 5.60 Å². The lowest BCUT2D eigenvalue weighted by atomic mass is 10.0. The summed E-state index contributed by atoms with van der Waals surface area (Å²) in [5.41, 5.74) is -0.418. The molecule has 0 aliphatic rings. The third kappa shape index (κ3) is 7.57. The zero-order chi connectivity index (χ0) is 11.9. The van der Waals surface area contributed by atoms with Crippen molar-refractivity contribution in [3.63, 3.8) is 0 Å². The quantitative estimate of drug-likeness (QED) is 0.660. The summed E-state index contributed by atoms with van der Waals surface area (Å²) in [6.45, 7) is 11.1. The van der Waals surface area contributed by atoms with Crippen LogP contribution in [0.1, 0.15) is 41.0 Å². The highest BCUT2D eigenvalue weighted by atomic mass is 16.5. The van der Waals surface area contributed by atoms with Gasteiger partial charge in [-0.2, -0.15) is 0 Å². The second-order valence-electron chi connectivity index (χ2n) is 5.03. The van der Waals surface area contributed by atoms with E-state index in [1.54, 1.807) is 0 Å². The van der Waals surface area contributed by atoms with Crippen molar-refractivity contribution in [1.29, 1.82) is 0 Å². The minimum atomic E-state index is -0.418. The molecule has 0 heterocycles. The van der Waals surface area contributed by atoms with Crippen LogP contribution in [0.4, 0.5) is 0 Å². The molecule has 0 spiro atoms. The topological polar surface area (TPSA) is 29.5 Å². The average Bonchev–Trinajstić information content (AvgIpc) is 2.18. The summed E-state index contributed by atoms with van der Waals surface area (Å²) >= 11 is 0. The molecule has 2 nitrogen and oxygen atoms in total. The predicted molar refractivity (Wildman–Crippen MR) is 64.9 cm³/mol. The molecule has 0 amide bonds. The van der Waals surface area contributed by atoms with Crippen molar-refractivity contribution >= 4 is 0 Å². The molecule has 1 atom stereocenters. The van der Waals surface area contributed by atoms with Crippen molar-refractivity contribution < 1.29 is 9.84 Å². The zero-order valence-electron chi connectivity index (χ0n) is 10.8. The fraction of sp³-hybridized carbons (Fsp3) is 0.846. The van der Waals surface area contributed by atoms with Gasteiger partial charge in [0.05, 0.1) is 18.8 Å². The lowest BCUT2D eigenvalue weighted by Gasteiger charge is -2.24. The molecule has 0 saturated carbocycles. The molecule has 0 rings (SSSR count). The Morgan fingerprint density at radius 3 is 2.27 bits per heavy atom. The highest BCUT2D eigenvalue weighted by Crippen LogP contribution is 2.14. The standard InChI is InChI=1S/C13H26O2/c1-6-12(8-7-11(2)3)9-15-13(4,5)10-14/h7-8,11-12,14H,6,9-10H2,1-5H3/b8-7-/t12-/m1/s1. The van der Waals surface area contributed by atoms with E-state index in [0.717, 1.165) is 6.42 Å². The molecular weight excluding hydrogens is 188 g/mol. The summed E-state index contributed by atoms with van der Waals surface area (Å²) in [5.74, 6) is 1.04. The van der Waals surface area contributed by atoms with Crippen LogP contribution in [0.5, 0.6) is 0 Å². The first-order valence-electron chi connectivity index (χ1n) is 5.84. The summed E-state index contributed by atoms with van der Waals surface area (Å²) < 4.78 is 5.66. The van der Waals surface area contributed by atoms with Crippen LogP contribution in [0.25, 0.3) is 0 Å². The van der Waals surface area contributed by atoms with Gasteiger partial charge in [0.1, 0.15) is 0 Å². The van der Waals surface area contributed by atoms with Crippen LogP contribution in [-0.4, -0.2) is 23.9 Å². The van der Waals surface area contributed by atoms with Crippen molar-refractivity contribution in [2.45, 2.75) is 46.6 Å². The third-order valence-electron chi connectivity index (χ3n) is 2.36. The van der Waals surface area contributed by atoms with Crippen molar-refractivity contribution in [3.05, 3.63) is 12.2 Å². The molecule has 0 fully saturated rings. The highest BCUT2D eigenvalue weighted by molar-refractivity contribution is 4.90. The van der Waals surface area contributed by atoms with E-state index >= 15 is 0 Å². The van der Waals surface area contributed by atoms with Crippen molar-refractivity contribution in [2.75, 3.05) is 13.2 Å². The zero-order valence-corrected chi connectivity index (χ0v) is 10.8. The fourth-order valence-electron chi connectivity index (χ4n) is 1.07. The molecule has 0 aliphatic heterocycles. The van der Waals surface area contributed by atoms with Crippen LogP contribution in [0.2, 0.25) is 0 Å². The maximum atomic E-state index is 9.05. The smallest absolute Gasteiger partial charge is 0.0856 e. The van der Waals surface area contributed by atoms with Gasteiger partial charge in [-0.15, -0.1) is 0 Å². The van der Waals surface area contributed by atoms with Crippen LogP contribution in [0, 0.1) is 11.8 Å². The van der Waals surface area contributed by atoms with E-state index in [0.29, 0.717) is 18.4 Å². The Kier molecular flexibility index (Phi) is 6.86. The SMILES string of the molecule is CC[C@H](/C=C\C(C)C)COC(C)(C)CO. The molecule has 0 unspecified atom stereocenters. The molecule has 0 bridgehead atoms. The molecule has 0 aliphatic carbocycles. The van der Waals surface area contributed by atoms with E-state index in [2.05, 4.69) is 32.9 Å². The van der Waals surface area contributed by atoms with E-state index in [1.807, 2.05) is 13.8 Å². The van der Waals surface area contributed by atoms with Crippen molar-refractivity contribution in [3.8, 4) is 0 Å². The van der Waals surface area contributed by atoms with E-state index in [1.165, 1.54) is 0 Å². The first-order chi connectivity index (χ1) is 6.91. The third-order valence-corrected chi connectivity index (χ3v) is 2.36. The fourth-order valence-corrected chi connectivity index (χ4v) is 1.07. The van der Waals surface area contributed by atoms with Crippen LogP contribution in [-0.2, 0) is 4.74 Å². The Morgan fingerprint density at radius 2 is 1.87 bits per heavy atom. The molecule has 0 aromatic rings. The Morgan fingerprint density at radius 1 is 1.27 bits per heavy atom. The van der Waals surface area contributed by atoms with Crippen LogP contribution < -0.4 is 0 Å². The number of aliphatic hydroxyl groups excluding tert-OH is 1. The summed E-state index contributed by atoms with van der Waals surface area (Å²) in [6.07, 6.45) is 5.51. The van der Waals surface area contributed by atoms with Gasteiger partial charge in [-0.3, -0.25) is 0 Å². The summed E-state index contributed by atoms with van der Waals surface area (Å²) in [5, 5.41) is 9.05. The maximum Gasteiger partial charge on any atom is 0.0856 e. The predicted octanol–water partition coefficient (Wildman–Crippen LogP) is 3.01. The van der Waals surface area contributed by atoms with E-state index in [4.69, 9.17) is 9.84 Å². The van der Waals surface area contributed by atoms with E-state index in [-0.39, 0.29) is 6.61 Å². The van der Waals surface area contributed by atoms with Gasteiger partial charge in [-0.05, 0) is 32.1 Å². The number of allylic oxidation sites excluding steroid dienone is 1. The molecule has 0 radical (unpaired) electrons. The van der Waals surface area contributed by atoms with E-state index in [9.17, 15) is 0 Å². The maximum absolute atomic E-state index is 9.05. The minimum Gasteiger partial charge on any atom is -0.393 e. The van der Waals surface area contributed by atoms with Gasteiger partial charge in [0.15, 0.2) is 0 Å². The number of hydrogen-bond acceptors (Lipinski definition) is 2. The highest BCUT2D eigenvalue weighted by Gasteiger charge is 2.17. The van der Waals surface area contributed by atoms with Crippen molar-refractivity contribution in [1.82, 2.24) is 0 Å². The van der Waals surface area contributed by atoms with Gasteiger partial charge < -0.3 is 9.84 Å². The molecule has 90 valence electrons. The van der Waals surface area contributed by atoms with Gasteiger partial charge >= 0.3 is 0 Å². The van der Waals surface area contributed by atoms with Crippen LogP contribution >= 0.6 is 0 Å². The summed E-state index contributed by atoms with van der Waals surface area (Å²) in [4.78, 5) is 0. The van der Waals surface area contributed by atoms with Crippen molar-refractivity contribution in [2.24, 2.45) is 11.8 Å². The monoisotopic (exact) mass is 214 g/mol. The Balaban J connectivity index is 4.01. The molecule has 2 heteroatoms. The number of ether oxygens (including phenoxy) is 1. The number of hydrogen-bond donors (Lipinski definition) is 1. The van der Waals surface area contributed by atoms with Crippen LogP contribution in [0.15, 0.2) is 12.2 Å². The largest absolute Gasteiger partial charge is 0.393 e. The Labute approximate surface area is 94.3 Å². The molecule has 0 saturated heterocycles. The number of rotatable bonds is 7. The molecule has 1 N–H and O–H groups in total. The molecule has 0 aromatic heterocycles. The van der Waals surface area contributed by atoms with Gasteiger partial charge in [-0.1, -0.05) is 32.9 Å². The normalized spacial score (nSPS) is 15.1. The Bertz CT molecular complexity index is 183. The number of aliphatic hydroxyl groups is 1. The first kappa shape index (κ1) is 14.7. The minimum absolute atomic E-state index is 0.0668.